The summed E-state index contributed by atoms with van der Waals surface area (Å²) in [5.74, 6) is 0.389. The van der Waals surface area contributed by atoms with Crippen LogP contribution in [0, 0.1) is 0 Å². The molecule has 1 atom stereocenters. The third kappa shape index (κ3) is 6.26. The molecule has 1 aliphatic carbocycles. The molecular formula is C35H26Cl2N2O4. The van der Waals surface area contributed by atoms with Gasteiger partial charge in [-0.05, 0) is 91.1 Å². The zero-order valence-electron chi connectivity index (χ0n) is 23.1. The molecule has 1 aromatic heterocycles. The summed E-state index contributed by atoms with van der Waals surface area (Å²) in [6, 6.07) is 29.6. The largest absolute Gasteiger partial charge is 0.457 e. The highest BCUT2D eigenvalue weighted by Crippen LogP contribution is 2.38. The summed E-state index contributed by atoms with van der Waals surface area (Å²) in [6.45, 7) is 1.52. The molecule has 1 amide bonds. The lowest BCUT2D eigenvalue weighted by molar-refractivity contribution is -0.123. The number of ether oxygens (including phenoxy) is 2. The Kier molecular flexibility index (Phi) is 8.14. The Morgan fingerprint density at radius 2 is 1.65 bits per heavy atom. The van der Waals surface area contributed by atoms with Crippen molar-refractivity contribution in [2.75, 3.05) is 5.32 Å². The van der Waals surface area contributed by atoms with E-state index in [0.29, 0.717) is 40.0 Å². The van der Waals surface area contributed by atoms with Crippen molar-refractivity contribution in [2.45, 2.75) is 25.9 Å². The second kappa shape index (κ2) is 12.3. The Morgan fingerprint density at radius 3 is 2.47 bits per heavy atom. The number of amides is 1. The van der Waals surface area contributed by atoms with E-state index in [4.69, 9.17) is 37.7 Å². The summed E-state index contributed by atoms with van der Waals surface area (Å²) in [7, 11) is 0. The van der Waals surface area contributed by atoms with Crippen molar-refractivity contribution >= 4 is 63.3 Å². The molecule has 0 fully saturated rings. The Balaban J connectivity index is 1.28. The molecule has 0 spiro atoms. The lowest BCUT2D eigenvalue weighted by atomic mass is 10.0. The molecule has 5 aromatic rings. The highest BCUT2D eigenvalue weighted by molar-refractivity contribution is 6.36. The van der Waals surface area contributed by atoms with Crippen LogP contribution in [0.25, 0.3) is 22.6 Å². The zero-order valence-corrected chi connectivity index (χ0v) is 24.7. The van der Waals surface area contributed by atoms with Crippen LogP contribution in [0.15, 0.2) is 97.1 Å². The third-order valence-electron chi connectivity index (χ3n) is 7.17. The smallest absolute Gasteiger partial charge is 0.339 e. The number of hydrogen-bond donors (Lipinski definition) is 1. The van der Waals surface area contributed by atoms with Gasteiger partial charge in [-0.3, -0.25) is 4.79 Å². The molecule has 0 unspecified atom stereocenters. The summed E-state index contributed by atoms with van der Waals surface area (Å²) in [6.07, 6.45) is 2.32. The molecule has 0 aliphatic heterocycles. The maximum atomic E-state index is 13.7. The molecule has 0 saturated carbocycles. The fourth-order valence-corrected chi connectivity index (χ4v) is 5.56. The fourth-order valence-electron chi connectivity index (χ4n) is 5.10. The van der Waals surface area contributed by atoms with Crippen molar-refractivity contribution in [1.82, 2.24) is 4.98 Å². The van der Waals surface area contributed by atoms with E-state index in [-0.39, 0.29) is 5.02 Å². The van der Waals surface area contributed by atoms with Crippen LogP contribution in [-0.4, -0.2) is 23.0 Å². The summed E-state index contributed by atoms with van der Waals surface area (Å²) in [5, 5.41) is 4.11. The average Bonchev–Trinajstić information content (AvgIpc) is 3.39. The predicted molar refractivity (Wildman–Crippen MR) is 171 cm³/mol. The van der Waals surface area contributed by atoms with E-state index in [0.717, 1.165) is 33.9 Å². The van der Waals surface area contributed by atoms with Crippen LogP contribution in [-0.2, 0) is 16.0 Å². The molecular weight excluding hydrogens is 583 g/mol. The van der Waals surface area contributed by atoms with Gasteiger partial charge in [-0.2, -0.15) is 0 Å². The van der Waals surface area contributed by atoms with Crippen molar-refractivity contribution in [3.63, 3.8) is 0 Å². The van der Waals surface area contributed by atoms with Crippen LogP contribution < -0.4 is 10.1 Å². The molecule has 0 saturated heterocycles. The molecule has 8 heteroatoms. The first-order valence-electron chi connectivity index (χ1n) is 13.8. The standard InChI is InChI=1S/C35H26Cl2N2O4/c1-21(34(40)39-31-17-15-24(36)20-29(31)37)42-35(41)32-27-12-5-6-13-30(27)38-33-23(14-16-28(32)33)18-22-8-7-11-26(19-22)43-25-9-3-2-4-10-25/h2-13,15,17-21H,14,16H2,1H3,(H,39,40)/b23-18+/t21-/m1/s1. The Labute approximate surface area is 258 Å². The second-order valence-electron chi connectivity index (χ2n) is 10.1. The van der Waals surface area contributed by atoms with E-state index in [1.165, 1.54) is 13.0 Å². The van der Waals surface area contributed by atoms with Gasteiger partial charge in [-0.1, -0.05) is 71.7 Å². The second-order valence-corrected chi connectivity index (χ2v) is 11.0. The number of halogens is 2. The highest BCUT2D eigenvalue weighted by atomic mass is 35.5. The lowest BCUT2D eigenvalue weighted by Crippen LogP contribution is -2.30. The Morgan fingerprint density at radius 1 is 0.884 bits per heavy atom. The molecule has 0 bridgehead atoms. The average molecular weight is 610 g/mol. The van der Waals surface area contributed by atoms with Crippen LogP contribution in [0.3, 0.4) is 0 Å². The minimum Gasteiger partial charge on any atom is -0.457 e. The van der Waals surface area contributed by atoms with E-state index in [1.54, 1.807) is 12.1 Å². The summed E-state index contributed by atoms with van der Waals surface area (Å²) in [5.41, 5.74) is 5.00. The van der Waals surface area contributed by atoms with Crippen molar-refractivity contribution in [1.29, 1.82) is 0 Å². The fraction of sp³-hybridized carbons (Fsp3) is 0.114. The SMILES string of the molecule is C[C@@H](OC(=O)c1c2c(nc3ccccc13)/C(=C/c1cccc(Oc3ccccc3)c1)CC2)C(=O)Nc1ccc(Cl)cc1Cl. The lowest BCUT2D eigenvalue weighted by Gasteiger charge is -2.17. The maximum Gasteiger partial charge on any atom is 0.339 e. The van der Waals surface area contributed by atoms with Gasteiger partial charge in [0, 0.05) is 10.4 Å². The normalized spacial score (nSPS) is 13.9. The predicted octanol–water partition coefficient (Wildman–Crippen LogP) is 9.00. The number of anilines is 1. The molecule has 4 aromatic carbocycles. The molecule has 214 valence electrons. The number of fused-ring (bicyclic) bond motifs is 2. The zero-order chi connectivity index (χ0) is 29.9. The number of benzene rings is 4. The van der Waals surface area contributed by atoms with Gasteiger partial charge < -0.3 is 14.8 Å². The number of carbonyl (C=O) groups excluding carboxylic acids is 2. The van der Waals surface area contributed by atoms with E-state index in [1.807, 2.05) is 78.9 Å². The van der Waals surface area contributed by atoms with Crippen molar-refractivity contribution in [2.24, 2.45) is 0 Å². The molecule has 1 aliphatic rings. The number of para-hydroxylation sites is 2. The Bertz CT molecular complexity index is 1890. The molecule has 6 rings (SSSR count). The van der Waals surface area contributed by atoms with Gasteiger partial charge >= 0.3 is 5.97 Å². The maximum absolute atomic E-state index is 13.7. The van der Waals surface area contributed by atoms with Gasteiger partial charge in [-0.25, -0.2) is 9.78 Å². The third-order valence-corrected chi connectivity index (χ3v) is 7.71. The first-order chi connectivity index (χ1) is 20.9. The molecule has 43 heavy (non-hydrogen) atoms. The topological polar surface area (TPSA) is 77.5 Å². The number of pyridine rings is 1. The minimum absolute atomic E-state index is 0.286. The number of esters is 1. The van der Waals surface area contributed by atoms with Crippen LogP contribution in [0.5, 0.6) is 11.5 Å². The number of carbonyl (C=O) groups is 2. The number of nitrogens with one attached hydrogen (secondary N) is 1. The number of allylic oxidation sites excluding steroid dienone is 1. The first kappa shape index (κ1) is 28.5. The minimum atomic E-state index is -1.08. The van der Waals surface area contributed by atoms with Gasteiger partial charge in [-0.15, -0.1) is 0 Å². The van der Waals surface area contributed by atoms with E-state index < -0.39 is 18.0 Å². The number of aromatic nitrogens is 1. The van der Waals surface area contributed by atoms with Crippen LogP contribution in [0.2, 0.25) is 10.0 Å². The van der Waals surface area contributed by atoms with Gasteiger partial charge in [0.1, 0.15) is 11.5 Å². The van der Waals surface area contributed by atoms with Crippen molar-refractivity contribution < 1.29 is 19.1 Å². The van der Waals surface area contributed by atoms with Gasteiger partial charge in [0.15, 0.2) is 6.10 Å². The van der Waals surface area contributed by atoms with E-state index in [9.17, 15) is 9.59 Å². The van der Waals surface area contributed by atoms with E-state index >= 15 is 0 Å². The van der Waals surface area contributed by atoms with Crippen molar-refractivity contribution in [3.8, 4) is 11.5 Å². The molecule has 0 radical (unpaired) electrons. The number of rotatable bonds is 7. The summed E-state index contributed by atoms with van der Waals surface area (Å²) >= 11 is 12.2. The molecule has 6 nitrogen and oxygen atoms in total. The number of nitrogens with zero attached hydrogens (tertiary/aromatic N) is 1. The van der Waals surface area contributed by atoms with Gasteiger partial charge in [0.05, 0.1) is 27.5 Å². The summed E-state index contributed by atoms with van der Waals surface area (Å²) < 4.78 is 11.7. The van der Waals surface area contributed by atoms with Crippen molar-refractivity contribution in [3.05, 3.63) is 129 Å². The van der Waals surface area contributed by atoms with Gasteiger partial charge in [0.25, 0.3) is 5.91 Å². The van der Waals surface area contributed by atoms with Crippen LogP contribution in [0.4, 0.5) is 5.69 Å². The van der Waals surface area contributed by atoms with E-state index in [2.05, 4.69) is 11.4 Å². The Hall–Kier alpha value is -4.65. The molecule has 1 heterocycles. The quantitative estimate of drug-likeness (QED) is 0.186. The summed E-state index contributed by atoms with van der Waals surface area (Å²) in [4.78, 5) is 31.5. The first-order valence-corrected chi connectivity index (χ1v) is 14.5. The van der Waals surface area contributed by atoms with Crippen LogP contribution >= 0.6 is 23.2 Å². The highest BCUT2D eigenvalue weighted by Gasteiger charge is 2.29. The monoisotopic (exact) mass is 608 g/mol. The van der Waals surface area contributed by atoms with Gasteiger partial charge in [0.2, 0.25) is 0 Å². The number of hydrogen-bond acceptors (Lipinski definition) is 5. The molecule has 1 N–H and O–H groups in total. The van der Waals surface area contributed by atoms with Crippen LogP contribution in [0.1, 0.15) is 40.5 Å².